The van der Waals surface area contributed by atoms with Gasteiger partial charge in [0.1, 0.15) is 6.10 Å². The van der Waals surface area contributed by atoms with Crippen LogP contribution in [0.5, 0.6) is 0 Å². The molecule has 0 saturated carbocycles. The van der Waals surface area contributed by atoms with Crippen LogP contribution < -0.4 is 0 Å². The molecule has 1 N–H and O–H groups in total. The molecule has 0 radical (unpaired) electrons. The summed E-state index contributed by atoms with van der Waals surface area (Å²) in [5, 5.41) is 8.54. The maximum atomic E-state index is 10.4. The van der Waals surface area contributed by atoms with Crippen molar-refractivity contribution in [3.63, 3.8) is 0 Å². The monoisotopic (exact) mass is 168 g/mol. The number of hydrogen-bond donors (Lipinski definition) is 1. The van der Waals surface area contributed by atoms with Crippen LogP contribution >= 0.6 is 0 Å². The summed E-state index contributed by atoms with van der Waals surface area (Å²) in [7, 11) is 0. The second-order valence-corrected chi connectivity index (χ2v) is 2.81. The highest BCUT2D eigenvalue weighted by atomic mass is 16.5. The van der Waals surface area contributed by atoms with E-state index in [-0.39, 0.29) is 11.7 Å². The fourth-order valence-corrected chi connectivity index (χ4v) is 1.10. The van der Waals surface area contributed by atoms with Gasteiger partial charge in [-0.2, -0.15) is 0 Å². The standard InChI is InChI=1S/C9H12O3/c1-3-8-7(5-12-8)4-6(2)9(10)11/h5,8H,2-4H2,1H3,(H,10,11). The molecule has 1 heterocycles. The average molecular weight is 168 g/mol. The lowest BCUT2D eigenvalue weighted by Crippen LogP contribution is -2.22. The predicted molar refractivity (Wildman–Crippen MR) is 44.6 cm³/mol. The molecular weight excluding hydrogens is 156 g/mol. The van der Waals surface area contributed by atoms with Crippen molar-refractivity contribution in [1.29, 1.82) is 0 Å². The molecule has 3 nitrogen and oxygen atoms in total. The summed E-state index contributed by atoms with van der Waals surface area (Å²) in [5.41, 5.74) is 1.26. The SMILES string of the molecule is C=C(CC1=COC1CC)C(=O)O. The molecule has 1 atom stereocenters. The minimum Gasteiger partial charge on any atom is -0.493 e. The molecular formula is C9H12O3. The van der Waals surface area contributed by atoms with Crippen molar-refractivity contribution in [2.45, 2.75) is 25.9 Å². The minimum atomic E-state index is -0.933. The summed E-state index contributed by atoms with van der Waals surface area (Å²) in [6, 6.07) is 0. The zero-order chi connectivity index (χ0) is 9.14. The summed E-state index contributed by atoms with van der Waals surface area (Å²) >= 11 is 0. The zero-order valence-electron chi connectivity index (χ0n) is 7.04. The van der Waals surface area contributed by atoms with Gasteiger partial charge in [0, 0.05) is 17.6 Å². The van der Waals surface area contributed by atoms with Gasteiger partial charge >= 0.3 is 5.97 Å². The van der Waals surface area contributed by atoms with Crippen LogP contribution in [0.15, 0.2) is 24.0 Å². The number of aliphatic carboxylic acids is 1. The van der Waals surface area contributed by atoms with Gasteiger partial charge in [-0.1, -0.05) is 13.5 Å². The first-order valence-corrected chi connectivity index (χ1v) is 3.90. The van der Waals surface area contributed by atoms with Crippen molar-refractivity contribution < 1.29 is 14.6 Å². The van der Waals surface area contributed by atoms with E-state index in [2.05, 4.69) is 6.58 Å². The first-order chi connectivity index (χ1) is 5.65. The topological polar surface area (TPSA) is 46.5 Å². The number of carbonyl (C=O) groups is 1. The van der Waals surface area contributed by atoms with E-state index < -0.39 is 5.97 Å². The van der Waals surface area contributed by atoms with Gasteiger partial charge in [0.25, 0.3) is 0 Å². The summed E-state index contributed by atoms with van der Waals surface area (Å²) in [4.78, 5) is 10.4. The van der Waals surface area contributed by atoms with Gasteiger partial charge in [-0.25, -0.2) is 4.79 Å². The van der Waals surface area contributed by atoms with E-state index in [4.69, 9.17) is 9.84 Å². The number of carboxylic acids is 1. The molecule has 66 valence electrons. The summed E-state index contributed by atoms with van der Waals surface area (Å²) in [6.07, 6.45) is 3.04. The van der Waals surface area contributed by atoms with Crippen LogP contribution in [0.25, 0.3) is 0 Å². The van der Waals surface area contributed by atoms with Gasteiger partial charge < -0.3 is 9.84 Å². The number of carboxylic acid groups (broad SMARTS) is 1. The summed E-state index contributed by atoms with van der Waals surface area (Å²) in [6.45, 7) is 5.45. The Morgan fingerprint density at radius 3 is 2.83 bits per heavy atom. The van der Waals surface area contributed by atoms with Gasteiger partial charge in [0.2, 0.25) is 0 Å². The fourth-order valence-electron chi connectivity index (χ4n) is 1.10. The van der Waals surface area contributed by atoms with Gasteiger partial charge in [-0.05, 0) is 6.42 Å². The van der Waals surface area contributed by atoms with E-state index in [1.165, 1.54) is 0 Å². The first-order valence-electron chi connectivity index (χ1n) is 3.90. The highest BCUT2D eigenvalue weighted by Gasteiger charge is 2.23. The van der Waals surface area contributed by atoms with Crippen molar-refractivity contribution in [3.8, 4) is 0 Å². The second kappa shape index (κ2) is 3.43. The van der Waals surface area contributed by atoms with Crippen molar-refractivity contribution in [2.24, 2.45) is 0 Å². The molecule has 3 heteroatoms. The average Bonchev–Trinajstić information content (AvgIpc) is 1.98. The highest BCUT2D eigenvalue weighted by Crippen LogP contribution is 2.26. The van der Waals surface area contributed by atoms with E-state index in [0.29, 0.717) is 6.42 Å². The van der Waals surface area contributed by atoms with Gasteiger partial charge in [0.15, 0.2) is 0 Å². The molecule has 0 aromatic carbocycles. The van der Waals surface area contributed by atoms with E-state index in [1.807, 2.05) is 6.92 Å². The molecule has 0 aromatic rings. The minimum absolute atomic E-state index is 0.112. The highest BCUT2D eigenvalue weighted by molar-refractivity contribution is 5.86. The Hall–Kier alpha value is -1.25. The van der Waals surface area contributed by atoms with Crippen LogP contribution in [0.3, 0.4) is 0 Å². The lowest BCUT2D eigenvalue weighted by molar-refractivity contribution is -0.132. The van der Waals surface area contributed by atoms with Crippen LogP contribution in [0, 0.1) is 0 Å². The number of ether oxygens (including phenoxy) is 1. The first kappa shape index (κ1) is 8.84. The lowest BCUT2D eigenvalue weighted by Gasteiger charge is -2.26. The van der Waals surface area contributed by atoms with Crippen LogP contribution in [0.1, 0.15) is 19.8 Å². The van der Waals surface area contributed by atoms with E-state index >= 15 is 0 Å². The lowest BCUT2D eigenvalue weighted by atomic mass is 9.98. The summed E-state index contributed by atoms with van der Waals surface area (Å²) in [5.74, 6) is -0.933. The van der Waals surface area contributed by atoms with Crippen molar-refractivity contribution in [1.82, 2.24) is 0 Å². The van der Waals surface area contributed by atoms with Crippen molar-refractivity contribution in [2.75, 3.05) is 0 Å². The smallest absolute Gasteiger partial charge is 0.331 e. The Morgan fingerprint density at radius 1 is 1.83 bits per heavy atom. The maximum Gasteiger partial charge on any atom is 0.331 e. The van der Waals surface area contributed by atoms with E-state index in [1.54, 1.807) is 6.26 Å². The molecule has 1 unspecified atom stereocenters. The van der Waals surface area contributed by atoms with Crippen LogP contribution in [0.2, 0.25) is 0 Å². The Bertz CT molecular complexity index is 240. The molecule has 0 spiro atoms. The third-order valence-electron chi connectivity index (χ3n) is 1.89. The second-order valence-electron chi connectivity index (χ2n) is 2.81. The van der Waals surface area contributed by atoms with Crippen molar-refractivity contribution in [3.05, 3.63) is 24.0 Å². The largest absolute Gasteiger partial charge is 0.493 e. The van der Waals surface area contributed by atoms with Crippen LogP contribution in [-0.4, -0.2) is 17.2 Å². The van der Waals surface area contributed by atoms with Gasteiger partial charge in [0.05, 0.1) is 6.26 Å². The quantitative estimate of drug-likeness (QED) is 0.650. The molecule has 1 rings (SSSR count). The van der Waals surface area contributed by atoms with Crippen LogP contribution in [-0.2, 0) is 9.53 Å². The third kappa shape index (κ3) is 1.67. The summed E-state index contributed by atoms with van der Waals surface area (Å²) < 4.78 is 5.08. The molecule has 1 aliphatic rings. The molecule has 0 amide bonds. The third-order valence-corrected chi connectivity index (χ3v) is 1.89. The number of hydrogen-bond acceptors (Lipinski definition) is 2. The Balaban J connectivity index is 2.43. The van der Waals surface area contributed by atoms with Crippen molar-refractivity contribution >= 4 is 5.97 Å². The normalized spacial score (nSPS) is 20.4. The molecule has 0 fully saturated rings. The van der Waals surface area contributed by atoms with E-state index in [9.17, 15) is 4.79 Å². The van der Waals surface area contributed by atoms with Gasteiger partial charge in [-0.3, -0.25) is 0 Å². The molecule has 12 heavy (non-hydrogen) atoms. The van der Waals surface area contributed by atoms with Gasteiger partial charge in [-0.15, -0.1) is 0 Å². The maximum absolute atomic E-state index is 10.4. The Morgan fingerprint density at radius 2 is 2.50 bits per heavy atom. The zero-order valence-corrected chi connectivity index (χ0v) is 7.04. The Labute approximate surface area is 71.3 Å². The molecule has 1 aliphatic heterocycles. The molecule has 0 bridgehead atoms. The molecule has 0 aliphatic carbocycles. The molecule has 0 aromatic heterocycles. The van der Waals surface area contributed by atoms with Crippen LogP contribution in [0.4, 0.5) is 0 Å². The van der Waals surface area contributed by atoms with E-state index in [0.717, 1.165) is 12.0 Å². The fraction of sp³-hybridized carbons (Fsp3) is 0.444. The number of rotatable bonds is 4. The Kier molecular flexibility index (Phi) is 2.53. The molecule has 0 saturated heterocycles. The predicted octanol–water partition coefficient (Wildman–Crippen LogP) is 1.71.